The molecule has 6 heteroatoms. The van der Waals surface area contributed by atoms with E-state index in [4.69, 9.17) is 0 Å². The van der Waals surface area contributed by atoms with Gasteiger partial charge in [-0.05, 0) is 32.9 Å². The van der Waals surface area contributed by atoms with Crippen molar-refractivity contribution in [3.63, 3.8) is 0 Å². The first-order valence-electron chi connectivity index (χ1n) is 4.75. The molecule has 1 saturated carbocycles. The average Bonchev–Trinajstić information content (AvgIpc) is 2.85. The maximum absolute atomic E-state index is 11.3. The first-order valence-corrected chi connectivity index (χ1v) is 6.30. The third-order valence-corrected chi connectivity index (χ3v) is 3.91. The Labute approximate surface area is 84.3 Å². The van der Waals surface area contributed by atoms with Crippen molar-refractivity contribution < 1.29 is 13.2 Å². The van der Waals surface area contributed by atoms with Crippen LogP contribution >= 0.6 is 0 Å². The molecule has 0 aromatic rings. The summed E-state index contributed by atoms with van der Waals surface area (Å²) in [6.07, 6.45) is 2.27. The summed E-state index contributed by atoms with van der Waals surface area (Å²) in [5, 5.41) is 2.57. The second-order valence-corrected chi connectivity index (χ2v) is 5.44. The van der Waals surface area contributed by atoms with Crippen LogP contribution in [0, 0.1) is 0 Å². The topological polar surface area (TPSA) is 75.3 Å². The third kappa shape index (κ3) is 3.63. The zero-order valence-corrected chi connectivity index (χ0v) is 9.06. The van der Waals surface area contributed by atoms with E-state index in [1.54, 1.807) is 7.05 Å². The van der Waals surface area contributed by atoms with Gasteiger partial charge in [-0.3, -0.25) is 9.52 Å². The van der Waals surface area contributed by atoms with Crippen molar-refractivity contribution in [3.8, 4) is 0 Å². The SMILES string of the molecule is CNCCCC(=O)NS(=O)(=O)C1CC1. The molecule has 1 aliphatic carbocycles. The van der Waals surface area contributed by atoms with E-state index in [9.17, 15) is 13.2 Å². The van der Waals surface area contributed by atoms with Gasteiger partial charge in [-0.15, -0.1) is 0 Å². The number of carbonyl (C=O) groups is 1. The fourth-order valence-corrected chi connectivity index (χ4v) is 2.44. The predicted octanol–water partition coefficient (Wildman–Crippen LogP) is -0.406. The second-order valence-electron chi connectivity index (χ2n) is 3.48. The maximum atomic E-state index is 11.3. The standard InChI is InChI=1S/C8H16N2O3S/c1-9-6-2-3-8(11)10-14(12,13)7-4-5-7/h7,9H,2-6H2,1H3,(H,10,11). The van der Waals surface area contributed by atoms with Gasteiger partial charge in [0.15, 0.2) is 0 Å². The Morgan fingerprint density at radius 1 is 1.43 bits per heavy atom. The molecule has 0 aliphatic heterocycles. The predicted molar refractivity (Wildman–Crippen MR) is 53.2 cm³/mol. The minimum Gasteiger partial charge on any atom is -0.320 e. The van der Waals surface area contributed by atoms with Gasteiger partial charge >= 0.3 is 0 Å². The van der Waals surface area contributed by atoms with Crippen molar-refractivity contribution in [2.45, 2.75) is 30.9 Å². The molecule has 0 aromatic heterocycles. The zero-order chi connectivity index (χ0) is 10.6. The summed E-state index contributed by atoms with van der Waals surface area (Å²) >= 11 is 0. The summed E-state index contributed by atoms with van der Waals surface area (Å²) < 4.78 is 24.7. The van der Waals surface area contributed by atoms with Gasteiger partial charge in [0.1, 0.15) is 0 Å². The largest absolute Gasteiger partial charge is 0.320 e. The zero-order valence-electron chi connectivity index (χ0n) is 8.25. The van der Waals surface area contributed by atoms with E-state index in [0.29, 0.717) is 19.3 Å². The van der Waals surface area contributed by atoms with E-state index in [1.165, 1.54) is 0 Å². The second kappa shape index (κ2) is 4.75. The normalized spacial score (nSPS) is 16.6. The lowest BCUT2D eigenvalue weighted by Gasteiger charge is -2.04. The molecule has 82 valence electrons. The van der Waals surface area contributed by atoms with Crippen molar-refractivity contribution in [3.05, 3.63) is 0 Å². The fraction of sp³-hybridized carbons (Fsp3) is 0.875. The van der Waals surface area contributed by atoms with Crippen molar-refractivity contribution in [1.29, 1.82) is 0 Å². The van der Waals surface area contributed by atoms with Crippen molar-refractivity contribution in [1.82, 2.24) is 10.0 Å². The van der Waals surface area contributed by atoms with Crippen LogP contribution in [0.25, 0.3) is 0 Å². The molecular formula is C8H16N2O3S. The van der Waals surface area contributed by atoms with E-state index >= 15 is 0 Å². The summed E-state index contributed by atoms with van der Waals surface area (Å²) in [5.74, 6) is -0.396. The Balaban J connectivity index is 2.26. The highest BCUT2D eigenvalue weighted by Gasteiger charge is 2.36. The Hall–Kier alpha value is -0.620. The maximum Gasteiger partial charge on any atom is 0.237 e. The Bertz CT molecular complexity index is 296. The van der Waals surface area contributed by atoms with Gasteiger partial charge in [-0.2, -0.15) is 0 Å². The molecule has 1 amide bonds. The number of rotatable bonds is 6. The van der Waals surface area contributed by atoms with E-state index in [-0.39, 0.29) is 11.7 Å². The first-order chi connectivity index (χ1) is 6.56. The molecule has 0 heterocycles. The minimum atomic E-state index is -3.34. The highest BCUT2D eigenvalue weighted by molar-refractivity contribution is 7.90. The van der Waals surface area contributed by atoms with Crippen molar-refractivity contribution >= 4 is 15.9 Å². The first kappa shape index (κ1) is 11.5. The molecule has 0 aromatic carbocycles. The van der Waals surface area contributed by atoms with Crippen LogP contribution in [0.2, 0.25) is 0 Å². The average molecular weight is 220 g/mol. The molecule has 2 N–H and O–H groups in total. The quantitative estimate of drug-likeness (QED) is 0.597. The molecule has 0 unspecified atom stereocenters. The Kier molecular flexibility index (Phi) is 3.88. The summed E-state index contributed by atoms with van der Waals surface area (Å²) in [6.45, 7) is 0.719. The van der Waals surface area contributed by atoms with E-state index in [2.05, 4.69) is 10.0 Å². The molecule has 0 bridgehead atoms. The van der Waals surface area contributed by atoms with Crippen LogP contribution in [0.5, 0.6) is 0 Å². The van der Waals surface area contributed by atoms with Gasteiger partial charge in [-0.25, -0.2) is 8.42 Å². The lowest BCUT2D eigenvalue weighted by molar-refractivity contribution is -0.119. The monoisotopic (exact) mass is 220 g/mol. The van der Waals surface area contributed by atoms with Crippen molar-refractivity contribution in [2.24, 2.45) is 0 Å². The van der Waals surface area contributed by atoms with Crippen molar-refractivity contribution in [2.75, 3.05) is 13.6 Å². The Morgan fingerprint density at radius 2 is 2.07 bits per heavy atom. The molecule has 14 heavy (non-hydrogen) atoms. The summed E-state index contributed by atoms with van der Waals surface area (Å²) in [7, 11) is -1.55. The lowest BCUT2D eigenvalue weighted by atomic mass is 10.3. The van der Waals surface area contributed by atoms with Crippen LogP contribution < -0.4 is 10.0 Å². The number of amides is 1. The number of sulfonamides is 1. The van der Waals surface area contributed by atoms with Crippen LogP contribution in [0.15, 0.2) is 0 Å². The summed E-state index contributed by atoms with van der Waals surface area (Å²) in [6, 6.07) is 0. The van der Waals surface area contributed by atoms with Gasteiger partial charge in [0, 0.05) is 6.42 Å². The van der Waals surface area contributed by atoms with Crippen LogP contribution in [0.3, 0.4) is 0 Å². The fourth-order valence-electron chi connectivity index (χ4n) is 1.10. The lowest BCUT2D eigenvalue weighted by Crippen LogP contribution is -2.33. The number of carbonyl (C=O) groups excluding carboxylic acids is 1. The van der Waals surface area contributed by atoms with E-state index in [0.717, 1.165) is 6.54 Å². The van der Waals surface area contributed by atoms with E-state index in [1.807, 2.05) is 0 Å². The van der Waals surface area contributed by atoms with Gasteiger partial charge in [0.2, 0.25) is 15.9 Å². The van der Waals surface area contributed by atoms with Crippen LogP contribution in [0.4, 0.5) is 0 Å². The number of hydrogen-bond acceptors (Lipinski definition) is 4. The molecule has 0 atom stereocenters. The molecule has 1 aliphatic rings. The highest BCUT2D eigenvalue weighted by Crippen LogP contribution is 2.27. The molecule has 0 saturated heterocycles. The molecule has 5 nitrogen and oxygen atoms in total. The molecule has 0 radical (unpaired) electrons. The summed E-state index contributed by atoms with van der Waals surface area (Å²) in [5.41, 5.74) is 0. The molecule has 1 fully saturated rings. The number of nitrogens with one attached hydrogen (secondary N) is 2. The molecule has 1 rings (SSSR count). The van der Waals surface area contributed by atoms with Crippen LogP contribution in [-0.2, 0) is 14.8 Å². The van der Waals surface area contributed by atoms with Gasteiger partial charge < -0.3 is 5.32 Å². The van der Waals surface area contributed by atoms with E-state index < -0.39 is 15.9 Å². The third-order valence-electron chi connectivity index (χ3n) is 2.05. The molecule has 0 spiro atoms. The summed E-state index contributed by atoms with van der Waals surface area (Å²) in [4.78, 5) is 11.1. The van der Waals surface area contributed by atoms with Gasteiger partial charge in [0.25, 0.3) is 0 Å². The minimum absolute atomic E-state index is 0.257. The van der Waals surface area contributed by atoms with Crippen LogP contribution in [0.1, 0.15) is 25.7 Å². The van der Waals surface area contributed by atoms with Crippen LogP contribution in [-0.4, -0.2) is 33.2 Å². The number of hydrogen-bond donors (Lipinski definition) is 2. The van der Waals surface area contributed by atoms with Gasteiger partial charge in [-0.1, -0.05) is 0 Å². The molecular weight excluding hydrogens is 204 g/mol. The Morgan fingerprint density at radius 3 is 2.57 bits per heavy atom. The van der Waals surface area contributed by atoms with Gasteiger partial charge in [0.05, 0.1) is 5.25 Å². The smallest absolute Gasteiger partial charge is 0.237 e. The highest BCUT2D eigenvalue weighted by atomic mass is 32.2.